The molecule has 3 aliphatic heterocycles. The van der Waals surface area contributed by atoms with Crippen molar-refractivity contribution in [3.05, 3.63) is 68.7 Å². The number of nitrogens with zero attached hydrogens (tertiary/aromatic N) is 10. The zero-order valence-electron chi connectivity index (χ0n) is 25.5. The Balaban J connectivity index is 1.02. The molecule has 50 heavy (non-hydrogen) atoms. The first-order chi connectivity index (χ1) is 23.8. The van der Waals surface area contributed by atoms with Crippen LogP contribution in [0.5, 0.6) is 23.0 Å². The van der Waals surface area contributed by atoms with Gasteiger partial charge in [0.15, 0.2) is 23.0 Å². The van der Waals surface area contributed by atoms with Crippen molar-refractivity contribution in [3.63, 3.8) is 0 Å². The van der Waals surface area contributed by atoms with Gasteiger partial charge in [0.25, 0.3) is 11.6 Å². The molecular weight excluding hydrogens is 718 g/mol. The maximum absolute atomic E-state index is 13.9. The summed E-state index contributed by atoms with van der Waals surface area (Å²) in [4.78, 5) is 3.61. The number of alkyl halides is 6. The summed E-state index contributed by atoms with van der Waals surface area (Å²) in [7, 11) is 0. The quantitative estimate of drug-likeness (QED) is 0.144. The van der Waals surface area contributed by atoms with Gasteiger partial charge in [0.2, 0.25) is 23.1 Å². The second-order valence-corrected chi connectivity index (χ2v) is 11.8. The number of hydrogen-bond donors (Lipinski definition) is 0. The fraction of sp³-hybridized carbons (Fsp3) is 0.357. The van der Waals surface area contributed by atoms with Crippen LogP contribution in [0.3, 0.4) is 0 Å². The molecule has 5 heterocycles. The Bertz CT molecular complexity index is 1950. The largest absolute Gasteiger partial charge is 0.454 e. The van der Waals surface area contributed by atoms with Gasteiger partial charge in [0, 0.05) is 26.2 Å². The highest BCUT2D eigenvalue weighted by molar-refractivity contribution is 7.71. The Hall–Kier alpha value is -4.80. The molecule has 0 atom stereocenters. The lowest BCUT2D eigenvalue weighted by Crippen LogP contribution is -2.47. The Kier molecular flexibility index (Phi) is 8.86. The van der Waals surface area contributed by atoms with Crippen LogP contribution in [-0.2, 0) is 25.7 Å². The summed E-state index contributed by atoms with van der Waals surface area (Å²) in [6.07, 6.45) is -7.29. The molecule has 1 fully saturated rings. The summed E-state index contributed by atoms with van der Waals surface area (Å²) >= 11 is 10.6. The minimum absolute atomic E-state index is 0.0383. The number of rotatable bonds is 8. The van der Waals surface area contributed by atoms with Crippen molar-refractivity contribution in [1.82, 2.24) is 38.7 Å². The summed E-state index contributed by atoms with van der Waals surface area (Å²) in [5.74, 6) is -0.712. The fourth-order valence-electron chi connectivity index (χ4n) is 5.23. The smallest absolute Gasteiger partial charge is 0.453 e. The molecule has 2 aromatic carbocycles. The molecule has 0 unspecified atom stereocenters. The predicted octanol–water partition coefficient (Wildman–Crippen LogP) is 4.63. The molecule has 0 spiro atoms. The SMILES string of the molecule is FC(F)(F)c1nn(CN2CCN(Cn3nc(C(F)(F)F)n(/N=C\c4ccc5c(c4)OCO5)c3=S)CC2)c(=S)n1/N=C\c1ccc2c(c1)OCO2. The molecule has 0 bridgehead atoms. The van der Waals surface area contributed by atoms with E-state index < -0.39 is 24.0 Å². The molecular formula is C28H24F6N10O4S2. The van der Waals surface area contributed by atoms with Gasteiger partial charge in [-0.25, -0.2) is 9.36 Å². The molecule has 0 aliphatic carbocycles. The third-order valence-electron chi connectivity index (χ3n) is 7.71. The minimum atomic E-state index is -4.85. The van der Waals surface area contributed by atoms with E-state index in [-0.39, 0.29) is 36.5 Å². The van der Waals surface area contributed by atoms with E-state index in [1.165, 1.54) is 12.4 Å². The van der Waals surface area contributed by atoms with Crippen molar-refractivity contribution in [1.29, 1.82) is 0 Å². The fourth-order valence-corrected chi connectivity index (χ4v) is 5.70. The van der Waals surface area contributed by atoms with Gasteiger partial charge in [-0.3, -0.25) is 9.80 Å². The molecule has 0 N–H and O–H groups in total. The van der Waals surface area contributed by atoms with Gasteiger partial charge in [0.1, 0.15) is 0 Å². The zero-order chi connectivity index (χ0) is 35.2. The van der Waals surface area contributed by atoms with Gasteiger partial charge in [-0.2, -0.15) is 45.9 Å². The summed E-state index contributed by atoms with van der Waals surface area (Å²) < 4.78 is 107. The summed E-state index contributed by atoms with van der Waals surface area (Å²) in [6, 6.07) is 9.58. The van der Waals surface area contributed by atoms with Gasteiger partial charge in [0.05, 0.1) is 25.8 Å². The van der Waals surface area contributed by atoms with Crippen LogP contribution >= 0.6 is 24.4 Å². The molecule has 1 saturated heterocycles. The predicted molar refractivity (Wildman–Crippen MR) is 166 cm³/mol. The van der Waals surface area contributed by atoms with Crippen molar-refractivity contribution < 1.29 is 45.3 Å². The van der Waals surface area contributed by atoms with Crippen molar-refractivity contribution >= 4 is 36.9 Å². The first-order valence-electron chi connectivity index (χ1n) is 14.7. The molecule has 4 aromatic rings. The number of ether oxygens (including phenoxy) is 4. The highest BCUT2D eigenvalue weighted by Gasteiger charge is 2.40. The topological polar surface area (TPSA) is 114 Å². The van der Waals surface area contributed by atoms with Crippen LogP contribution in [0.25, 0.3) is 0 Å². The second-order valence-electron chi connectivity index (χ2n) is 11.1. The standard InChI is InChI=1S/C28H24F6N10O4S2/c29-27(30,31)23-37-41(25(49)43(23)35-11-17-1-3-19-21(9-17)47-15-45-19)13-39-5-7-40(8-6-39)14-42-26(50)44(24(38-42)28(32,33)34)36-12-18-2-4-20-22(10-18)48-16-46-20/h1-4,9-12H,5-8,13-16H2/b35-11-,36-12-. The molecule has 2 aromatic heterocycles. The summed E-state index contributed by atoms with van der Waals surface area (Å²) in [5, 5.41) is 15.3. The average molecular weight is 743 g/mol. The maximum Gasteiger partial charge on any atom is 0.453 e. The number of fused-ring (bicyclic) bond motifs is 2. The molecule has 3 aliphatic rings. The summed E-state index contributed by atoms with van der Waals surface area (Å²) in [5.41, 5.74) is 0.911. The molecule has 0 amide bonds. The van der Waals surface area contributed by atoms with Crippen LogP contribution in [0.4, 0.5) is 26.3 Å². The molecule has 0 saturated carbocycles. The molecule has 0 radical (unpaired) electrons. The lowest BCUT2D eigenvalue weighted by atomic mass is 10.2. The van der Waals surface area contributed by atoms with E-state index in [0.29, 0.717) is 69.7 Å². The van der Waals surface area contributed by atoms with Crippen LogP contribution in [-0.4, -0.2) is 90.9 Å². The average Bonchev–Trinajstić information content (AvgIpc) is 3.86. The first kappa shape index (κ1) is 33.7. The van der Waals surface area contributed by atoms with Crippen LogP contribution in [0.1, 0.15) is 22.8 Å². The minimum Gasteiger partial charge on any atom is -0.454 e. The van der Waals surface area contributed by atoms with E-state index in [2.05, 4.69) is 20.4 Å². The van der Waals surface area contributed by atoms with E-state index in [1.54, 1.807) is 46.2 Å². The zero-order valence-corrected chi connectivity index (χ0v) is 27.1. The third kappa shape index (κ3) is 6.95. The Morgan fingerprint density at radius 1 is 0.620 bits per heavy atom. The van der Waals surface area contributed by atoms with Crippen molar-refractivity contribution in [2.24, 2.45) is 10.2 Å². The van der Waals surface area contributed by atoms with E-state index >= 15 is 0 Å². The molecule has 22 heteroatoms. The normalized spacial score (nSPS) is 16.8. The van der Waals surface area contributed by atoms with Crippen molar-refractivity contribution in [2.45, 2.75) is 25.7 Å². The number of hydrogen-bond acceptors (Lipinski definition) is 12. The highest BCUT2D eigenvalue weighted by Crippen LogP contribution is 2.34. The Labute approximate surface area is 287 Å². The lowest BCUT2D eigenvalue weighted by molar-refractivity contribution is -0.148. The van der Waals surface area contributed by atoms with E-state index in [0.717, 1.165) is 9.36 Å². The Morgan fingerprint density at radius 2 is 1.00 bits per heavy atom. The van der Waals surface area contributed by atoms with Crippen LogP contribution in [0.15, 0.2) is 46.6 Å². The monoisotopic (exact) mass is 742 g/mol. The molecule has 7 rings (SSSR count). The van der Waals surface area contributed by atoms with Crippen molar-refractivity contribution in [2.75, 3.05) is 39.8 Å². The van der Waals surface area contributed by atoms with Crippen LogP contribution < -0.4 is 18.9 Å². The number of aromatic nitrogens is 6. The van der Waals surface area contributed by atoms with E-state index in [9.17, 15) is 26.3 Å². The molecule has 264 valence electrons. The third-order valence-corrected chi connectivity index (χ3v) is 8.48. The number of benzene rings is 2. The highest BCUT2D eigenvalue weighted by atomic mass is 32.1. The van der Waals surface area contributed by atoms with Crippen molar-refractivity contribution in [3.8, 4) is 23.0 Å². The van der Waals surface area contributed by atoms with Gasteiger partial charge in [-0.1, -0.05) is 0 Å². The second kappa shape index (κ2) is 13.2. The van der Waals surface area contributed by atoms with Crippen LogP contribution in [0.2, 0.25) is 0 Å². The van der Waals surface area contributed by atoms with Crippen LogP contribution in [0, 0.1) is 9.54 Å². The van der Waals surface area contributed by atoms with Gasteiger partial charge in [-0.05, 0) is 72.0 Å². The van der Waals surface area contributed by atoms with Gasteiger partial charge >= 0.3 is 12.4 Å². The maximum atomic E-state index is 13.9. The Morgan fingerprint density at radius 3 is 1.38 bits per heavy atom. The lowest BCUT2D eigenvalue weighted by Gasteiger charge is -2.34. The summed E-state index contributed by atoms with van der Waals surface area (Å²) in [6.45, 7) is 1.25. The molecule has 14 nitrogen and oxygen atoms in total. The number of piperazine rings is 1. The number of halogens is 6. The first-order valence-corrected chi connectivity index (χ1v) is 15.5. The van der Waals surface area contributed by atoms with Gasteiger partial charge in [-0.15, -0.1) is 10.2 Å². The van der Waals surface area contributed by atoms with E-state index in [4.69, 9.17) is 43.4 Å². The van der Waals surface area contributed by atoms with E-state index in [1.807, 2.05) is 0 Å². The van der Waals surface area contributed by atoms with Gasteiger partial charge < -0.3 is 18.9 Å².